The molecule has 1 aromatic carbocycles. The largest absolute Gasteiger partial charge is 0.389 e. The van der Waals surface area contributed by atoms with E-state index < -0.39 is 5.60 Å². The Bertz CT molecular complexity index is 440. The lowest BCUT2D eigenvalue weighted by Gasteiger charge is -2.17. The molecule has 0 aliphatic heterocycles. The first kappa shape index (κ1) is 9.21. The van der Waals surface area contributed by atoms with Gasteiger partial charge in [0.05, 0.1) is 23.9 Å². The van der Waals surface area contributed by atoms with Gasteiger partial charge in [-0.15, -0.1) is 0 Å². The Morgan fingerprint density at radius 2 is 2.07 bits per heavy atom. The van der Waals surface area contributed by atoms with E-state index >= 15 is 0 Å². The second-order valence-electron chi connectivity index (χ2n) is 4.17. The summed E-state index contributed by atoms with van der Waals surface area (Å²) in [7, 11) is 0. The molecule has 3 nitrogen and oxygen atoms in total. The fourth-order valence-electron chi connectivity index (χ4n) is 1.52. The zero-order valence-electron chi connectivity index (χ0n) is 8.44. The topological polar surface area (TPSA) is 38.0 Å². The molecule has 14 heavy (non-hydrogen) atoms. The fraction of sp³-hybridized carbons (Fsp3) is 0.364. The molecule has 1 aromatic heterocycles. The molecule has 0 atom stereocenters. The van der Waals surface area contributed by atoms with E-state index in [0.29, 0.717) is 6.54 Å². The van der Waals surface area contributed by atoms with Crippen LogP contribution in [0.1, 0.15) is 13.8 Å². The molecule has 1 heterocycles. The highest BCUT2D eigenvalue weighted by atomic mass is 16.3. The standard InChI is InChI=1S/C11H14N2O/c1-11(2,14)8-13-10-6-4-3-5-9(10)7-12-13/h3-7,14H,8H2,1-2H3. The Labute approximate surface area is 83.0 Å². The third kappa shape index (κ3) is 1.77. The quantitative estimate of drug-likeness (QED) is 0.784. The molecule has 0 aliphatic carbocycles. The number of benzene rings is 1. The molecular formula is C11H14N2O. The highest BCUT2D eigenvalue weighted by Gasteiger charge is 2.15. The van der Waals surface area contributed by atoms with Crippen LogP contribution in [0.4, 0.5) is 0 Å². The van der Waals surface area contributed by atoms with Gasteiger partial charge in [0.25, 0.3) is 0 Å². The van der Waals surface area contributed by atoms with Gasteiger partial charge in [-0.25, -0.2) is 0 Å². The van der Waals surface area contributed by atoms with Gasteiger partial charge in [-0.1, -0.05) is 18.2 Å². The smallest absolute Gasteiger partial charge is 0.0787 e. The summed E-state index contributed by atoms with van der Waals surface area (Å²) in [6.45, 7) is 4.08. The van der Waals surface area contributed by atoms with Gasteiger partial charge in [0.1, 0.15) is 0 Å². The average molecular weight is 190 g/mol. The van der Waals surface area contributed by atoms with Crippen LogP contribution < -0.4 is 0 Å². The Balaban J connectivity index is 2.44. The predicted octanol–water partition coefficient (Wildman–Crippen LogP) is 1.81. The van der Waals surface area contributed by atoms with Crippen LogP contribution in [0.25, 0.3) is 10.9 Å². The van der Waals surface area contributed by atoms with Crippen molar-refractivity contribution in [2.75, 3.05) is 0 Å². The molecule has 0 saturated heterocycles. The molecule has 0 fully saturated rings. The highest BCUT2D eigenvalue weighted by Crippen LogP contribution is 2.15. The minimum absolute atomic E-state index is 0.514. The lowest BCUT2D eigenvalue weighted by molar-refractivity contribution is 0.0591. The first-order valence-corrected chi connectivity index (χ1v) is 4.69. The molecule has 0 unspecified atom stereocenters. The van der Waals surface area contributed by atoms with E-state index in [0.717, 1.165) is 10.9 Å². The van der Waals surface area contributed by atoms with Crippen molar-refractivity contribution in [3.05, 3.63) is 30.5 Å². The number of hydrogen-bond acceptors (Lipinski definition) is 2. The molecule has 2 rings (SSSR count). The fourth-order valence-corrected chi connectivity index (χ4v) is 1.52. The maximum absolute atomic E-state index is 9.69. The lowest BCUT2D eigenvalue weighted by Crippen LogP contribution is -2.26. The molecule has 1 N–H and O–H groups in total. The minimum Gasteiger partial charge on any atom is -0.389 e. The van der Waals surface area contributed by atoms with Crippen LogP contribution in [-0.4, -0.2) is 20.5 Å². The summed E-state index contributed by atoms with van der Waals surface area (Å²) in [6.07, 6.45) is 1.82. The number of hydrogen-bond donors (Lipinski definition) is 1. The average Bonchev–Trinajstić information content (AvgIpc) is 2.47. The van der Waals surface area contributed by atoms with Crippen LogP contribution in [0.2, 0.25) is 0 Å². The van der Waals surface area contributed by atoms with Crippen molar-refractivity contribution >= 4 is 10.9 Å². The van der Waals surface area contributed by atoms with Gasteiger partial charge in [-0.2, -0.15) is 5.10 Å². The van der Waals surface area contributed by atoms with Crippen LogP contribution in [0, 0.1) is 0 Å². The van der Waals surface area contributed by atoms with Crippen molar-refractivity contribution in [3.63, 3.8) is 0 Å². The van der Waals surface area contributed by atoms with E-state index in [2.05, 4.69) is 5.10 Å². The first-order valence-electron chi connectivity index (χ1n) is 4.69. The van der Waals surface area contributed by atoms with Gasteiger partial charge < -0.3 is 5.11 Å². The van der Waals surface area contributed by atoms with E-state index in [1.54, 1.807) is 13.8 Å². The van der Waals surface area contributed by atoms with Gasteiger partial charge in [0.2, 0.25) is 0 Å². The number of fused-ring (bicyclic) bond motifs is 1. The van der Waals surface area contributed by atoms with Crippen molar-refractivity contribution in [2.24, 2.45) is 0 Å². The molecule has 0 aliphatic rings. The van der Waals surface area contributed by atoms with Gasteiger partial charge in [-0.3, -0.25) is 4.68 Å². The Hall–Kier alpha value is -1.35. The molecule has 0 bridgehead atoms. The lowest BCUT2D eigenvalue weighted by atomic mass is 10.1. The van der Waals surface area contributed by atoms with Crippen LogP contribution >= 0.6 is 0 Å². The van der Waals surface area contributed by atoms with E-state index in [4.69, 9.17) is 0 Å². The van der Waals surface area contributed by atoms with Crippen molar-refractivity contribution in [3.8, 4) is 0 Å². The van der Waals surface area contributed by atoms with Crippen LogP contribution in [0.15, 0.2) is 30.5 Å². The van der Waals surface area contributed by atoms with Gasteiger partial charge >= 0.3 is 0 Å². The van der Waals surface area contributed by atoms with Crippen LogP contribution in [0.5, 0.6) is 0 Å². The molecule has 2 aromatic rings. The molecule has 0 radical (unpaired) electrons. The molecule has 3 heteroatoms. The molecule has 0 saturated carbocycles. The number of nitrogens with zero attached hydrogens (tertiary/aromatic N) is 2. The van der Waals surface area contributed by atoms with Gasteiger partial charge in [0, 0.05) is 5.39 Å². The molecular weight excluding hydrogens is 176 g/mol. The maximum Gasteiger partial charge on any atom is 0.0787 e. The van der Waals surface area contributed by atoms with Crippen LogP contribution in [-0.2, 0) is 6.54 Å². The summed E-state index contributed by atoms with van der Waals surface area (Å²) in [5.41, 5.74) is 0.337. The van der Waals surface area contributed by atoms with Crippen LogP contribution in [0.3, 0.4) is 0 Å². The normalized spacial score (nSPS) is 12.2. The Morgan fingerprint density at radius 1 is 1.36 bits per heavy atom. The summed E-state index contributed by atoms with van der Waals surface area (Å²) in [5.74, 6) is 0. The van der Waals surface area contributed by atoms with E-state index in [9.17, 15) is 5.11 Å². The molecule has 0 amide bonds. The minimum atomic E-state index is -0.727. The zero-order valence-corrected chi connectivity index (χ0v) is 8.44. The highest BCUT2D eigenvalue weighted by molar-refractivity contribution is 5.78. The number of rotatable bonds is 2. The summed E-state index contributed by atoms with van der Waals surface area (Å²) >= 11 is 0. The summed E-state index contributed by atoms with van der Waals surface area (Å²) in [4.78, 5) is 0. The van der Waals surface area contributed by atoms with Gasteiger partial charge in [-0.05, 0) is 19.9 Å². The van der Waals surface area contributed by atoms with E-state index in [1.807, 2.05) is 35.1 Å². The summed E-state index contributed by atoms with van der Waals surface area (Å²) < 4.78 is 1.83. The summed E-state index contributed by atoms with van der Waals surface area (Å²) in [6, 6.07) is 7.99. The van der Waals surface area contributed by atoms with E-state index in [-0.39, 0.29) is 0 Å². The van der Waals surface area contributed by atoms with Crippen molar-refractivity contribution in [1.29, 1.82) is 0 Å². The predicted molar refractivity (Wildman–Crippen MR) is 56.0 cm³/mol. The second-order valence-corrected chi connectivity index (χ2v) is 4.17. The second kappa shape index (κ2) is 3.10. The molecule has 0 spiro atoms. The Morgan fingerprint density at radius 3 is 2.79 bits per heavy atom. The van der Waals surface area contributed by atoms with Gasteiger partial charge in [0.15, 0.2) is 0 Å². The third-order valence-corrected chi connectivity index (χ3v) is 2.09. The number of para-hydroxylation sites is 1. The SMILES string of the molecule is CC(C)(O)Cn1ncc2ccccc21. The summed E-state index contributed by atoms with van der Waals surface area (Å²) in [5, 5.41) is 15.0. The first-order chi connectivity index (χ1) is 6.56. The zero-order chi connectivity index (χ0) is 10.2. The number of aromatic nitrogens is 2. The maximum atomic E-state index is 9.69. The monoisotopic (exact) mass is 190 g/mol. The van der Waals surface area contributed by atoms with Crippen molar-refractivity contribution in [1.82, 2.24) is 9.78 Å². The van der Waals surface area contributed by atoms with Crippen molar-refractivity contribution in [2.45, 2.75) is 26.0 Å². The van der Waals surface area contributed by atoms with E-state index in [1.165, 1.54) is 0 Å². The Kier molecular flexibility index (Phi) is 2.04. The third-order valence-electron chi connectivity index (χ3n) is 2.09. The number of aliphatic hydroxyl groups is 1. The van der Waals surface area contributed by atoms with Crippen molar-refractivity contribution < 1.29 is 5.11 Å². The molecule has 74 valence electrons.